The molecule has 2 heterocycles. The molecule has 0 atom stereocenters. The lowest BCUT2D eigenvalue weighted by Crippen LogP contribution is -2.32. The van der Waals surface area contributed by atoms with Crippen molar-refractivity contribution in [3.05, 3.63) is 104 Å². The van der Waals surface area contributed by atoms with E-state index in [0.717, 1.165) is 17.7 Å². The molecule has 0 fully saturated rings. The van der Waals surface area contributed by atoms with Crippen LogP contribution in [0.5, 0.6) is 0 Å². The standard InChI is InChI=1S/C24H19F3N4O3/c1-14-18(21(32)29-17-9-5-8-16(12-17)24(25,26)27)13-19-20(28-14)31(23(34)30-22(19)33)11-10-15-6-3-2-4-7-15/h2-9,12-13H,10-11H2,1H3,(H,29,32)(H,30,33,34). The number of carbonyl (C=O) groups is 1. The highest BCUT2D eigenvalue weighted by molar-refractivity contribution is 6.06. The number of anilines is 1. The number of carbonyl (C=O) groups excluding carboxylic acids is 1. The van der Waals surface area contributed by atoms with Crippen LogP contribution in [0.2, 0.25) is 0 Å². The van der Waals surface area contributed by atoms with Crippen molar-refractivity contribution < 1.29 is 18.0 Å². The van der Waals surface area contributed by atoms with Gasteiger partial charge in [-0.25, -0.2) is 9.78 Å². The van der Waals surface area contributed by atoms with Gasteiger partial charge >= 0.3 is 11.9 Å². The van der Waals surface area contributed by atoms with Crippen molar-refractivity contribution in [3.63, 3.8) is 0 Å². The molecule has 0 saturated carbocycles. The summed E-state index contributed by atoms with van der Waals surface area (Å²) in [4.78, 5) is 44.3. The third-order valence-electron chi connectivity index (χ3n) is 5.32. The molecule has 2 N–H and O–H groups in total. The van der Waals surface area contributed by atoms with Gasteiger partial charge in [-0.05, 0) is 43.2 Å². The molecule has 1 amide bonds. The summed E-state index contributed by atoms with van der Waals surface area (Å²) in [6.45, 7) is 1.77. The summed E-state index contributed by atoms with van der Waals surface area (Å²) in [6.07, 6.45) is -4.04. The van der Waals surface area contributed by atoms with E-state index in [1.54, 1.807) is 0 Å². The number of aromatic amines is 1. The number of aryl methyl sites for hydroxylation is 3. The number of rotatable bonds is 5. The van der Waals surface area contributed by atoms with Crippen LogP contribution in [-0.4, -0.2) is 20.4 Å². The Bertz CT molecular complexity index is 1490. The second kappa shape index (κ2) is 8.97. The summed E-state index contributed by atoms with van der Waals surface area (Å²) >= 11 is 0. The van der Waals surface area contributed by atoms with Gasteiger partial charge in [-0.1, -0.05) is 36.4 Å². The molecule has 0 radical (unpaired) electrons. The Balaban J connectivity index is 1.69. The minimum Gasteiger partial charge on any atom is -0.322 e. The van der Waals surface area contributed by atoms with Crippen LogP contribution in [0.25, 0.3) is 11.0 Å². The minimum absolute atomic E-state index is 0.00340. The van der Waals surface area contributed by atoms with Crippen LogP contribution in [0, 0.1) is 6.92 Å². The van der Waals surface area contributed by atoms with Gasteiger partial charge in [0.25, 0.3) is 11.5 Å². The number of nitrogens with one attached hydrogen (secondary N) is 2. The molecule has 2 aromatic carbocycles. The van der Waals surface area contributed by atoms with E-state index < -0.39 is 28.9 Å². The maximum absolute atomic E-state index is 13.0. The second-order valence-electron chi connectivity index (χ2n) is 7.67. The highest BCUT2D eigenvalue weighted by atomic mass is 19.4. The molecule has 4 rings (SSSR count). The fourth-order valence-corrected chi connectivity index (χ4v) is 3.59. The Kier molecular flexibility index (Phi) is 6.06. The summed E-state index contributed by atoms with van der Waals surface area (Å²) in [5, 5.41) is 2.43. The van der Waals surface area contributed by atoms with E-state index in [0.29, 0.717) is 6.42 Å². The molecule has 0 unspecified atom stereocenters. The van der Waals surface area contributed by atoms with Gasteiger partial charge in [0.2, 0.25) is 0 Å². The highest BCUT2D eigenvalue weighted by Gasteiger charge is 2.30. The lowest BCUT2D eigenvalue weighted by Gasteiger charge is -2.13. The molecule has 7 nitrogen and oxygen atoms in total. The monoisotopic (exact) mass is 468 g/mol. The number of benzene rings is 2. The van der Waals surface area contributed by atoms with Crippen LogP contribution in [0.15, 0.2) is 70.3 Å². The largest absolute Gasteiger partial charge is 0.416 e. The Hall–Kier alpha value is -4.21. The van der Waals surface area contributed by atoms with Crippen LogP contribution in [-0.2, 0) is 19.1 Å². The van der Waals surface area contributed by atoms with E-state index in [1.807, 2.05) is 30.3 Å². The Labute approximate surface area is 190 Å². The predicted molar refractivity (Wildman–Crippen MR) is 121 cm³/mol. The van der Waals surface area contributed by atoms with Crippen molar-refractivity contribution in [2.45, 2.75) is 26.1 Å². The van der Waals surface area contributed by atoms with Gasteiger partial charge in [0.05, 0.1) is 22.2 Å². The summed E-state index contributed by atoms with van der Waals surface area (Å²) in [5.41, 5.74) is -0.962. The Morgan fingerprint density at radius 2 is 1.79 bits per heavy atom. The predicted octanol–water partition coefficient (Wildman–Crippen LogP) is 3.91. The molecule has 0 aliphatic carbocycles. The lowest BCUT2D eigenvalue weighted by molar-refractivity contribution is -0.137. The highest BCUT2D eigenvalue weighted by Crippen LogP contribution is 2.30. The van der Waals surface area contributed by atoms with Crippen LogP contribution in [0.1, 0.15) is 27.2 Å². The van der Waals surface area contributed by atoms with Crippen molar-refractivity contribution in [2.75, 3.05) is 5.32 Å². The van der Waals surface area contributed by atoms with Gasteiger partial charge in [0.1, 0.15) is 5.65 Å². The van der Waals surface area contributed by atoms with Gasteiger partial charge in [0.15, 0.2) is 0 Å². The molecule has 34 heavy (non-hydrogen) atoms. The van der Waals surface area contributed by atoms with E-state index in [-0.39, 0.29) is 34.5 Å². The van der Waals surface area contributed by atoms with E-state index in [4.69, 9.17) is 0 Å². The van der Waals surface area contributed by atoms with Crippen molar-refractivity contribution in [3.8, 4) is 0 Å². The van der Waals surface area contributed by atoms with E-state index in [9.17, 15) is 27.6 Å². The summed E-state index contributed by atoms with van der Waals surface area (Å²) in [7, 11) is 0. The summed E-state index contributed by atoms with van der Waals surface area (Å²) in [5.74, 6) is -0.729. The first-order valence-electron chi connectivity index (χ1n) is 10.3. The molecule has 10 heteroatoms. The number of hydrogen-bond donors (Lipinski definition) is 2. The molecular weight excluding hydrogens is 449 g/mol. The van der Waals surface area contributed by atoms with Crippen LogP contribution in [0.4, 0.5) is 18.9 Å². The Morgan fingerprint density at radius 3 is 2.50 bits per heavy atom. The van der Waals surface area contributed by atoms with Crippen molar-refractivity contribution in [1.29, 1.82) is 0 Å². The maximum atomic E-state index is 13.0. The van der Waals surface area contributed by atoms with Crippen LogP contribution < -0.4 is 16.6 Å². The fraction of sp³-hybridized carbons (Fsp3) is 0.167. The molecule has 0 saturated heterocycles. The first-order valence-corrected chi connectivity index (χ1v) is 10.3. The number of alkyl halides is 3. The van der Waals surface area contributed by atoms with Gasteiger partial charge in [-0.2, -0.15) is 13.2 Å². The minimum atomic E-state index is -4.56. The molecule has 0 aliphatic rings. The van der Waals surface area contributed by atoms with E-state index in [1.165, 1.54) is 29.7 Å². The Morgan fingerprint density at radius 1 is 1.06 bits per heavy atom. The molecule has 4 aromatic rings. The third kappa shape index (κ3) is 4.75. The first-order chi connectivity index (χ1) is 16.1. The number of fused-ring (bicyclic) bond motifs is 1. The normalized spacial score (nSPS) is 11.5. The quantitative estimate of drug-likeness (QED) is 0.464. The number of nitrogens with zero attached hydrogens (tertiary/aromatic N) is 2. The number of aromatic nitrogens is 3. The number of amides is 1. The van der Waals surface area contributed by atoms with Crippen molar-refractivity contribution >= 4 is 22.6 Å². The molecule has 0 aliphatic heterocycles. The zero-order valence-electron chi connectivity index (χ0n) is 17.9. The first kappa shape index (κ1) is 23.0. The molecular formula is C24H19F3N4O3. The van der Waals surface area contributed by atoms with Crippen LogP contribution in [0.3, 0.4) is 0 Å². The lowest BCUT2D eigenvalue weighted by atomic mass is 10.1. The average Bonchev–Trinajstić information content (AvgIpc) is 2.79. The van der Waals surface area contributed by atoms with Gasteiger partial charge in [-0.15, -0.1) is 0 Å². The zero-order chi connectivity index (χ0) is 24.5. The smallest absolute Gasteiger partial charge is 0.322 e. The number of H-pyrrole nitrogens is 1. The van der Waals surface area contributed by atoms with E-state index in [2.05, 4.69) is 15.3 Å². The topological polar surface area (TPSA) is 96.8 Å². The van der Waals surface area contributed by atoms with Crippen LogP contribution >= 0.6 is 0 Å². The third-order valence-corrected chi connectivity index (χ3v) is 5.32. The molecule has 2 aromatic heterocycles. The average molecular weight is 468 g/mol. The SMILES string of the molecule is Cc1nc2c(cc1C(=O)Nc1cccc(C(F)(F)F)c1)c(=O)[nH]c(=O)n2CCc1ccccc1. The van der Waals surface area contributed by atoms with Crippen molar-refractivity contribution in [2.24, 2.45) is 0 Å². The number of pyridine rings is 1. The summed E-state index contributed by atoms with van der Waals surface area (Å²) in [6, 6.07) is 15.0. The van der Waals surface area contributed by atoms with Crippen molar-refractivity contribution in [1.82, 2.24) is 14.5 Å². The van der Waals surface area contributed by atoms with Gasteiger partial charge < -0.3 is 5.32 Å². The van der Waals surface area contributed by atoms with Gasteiger partial charge in [-0.3, -0.25) is 19.1 Å². The maximum Gasteiger partial charge on any atom is 0.416 e. The van der Waals surface area contributed by atoms with E-state index >= 15 is 0 Å². The zero-order valence-corrected chi connectivity index (χ0v) is 17.9. The number of halogens is 3. The fourth-order valence-electron chi connectivity index (χ4n) is 3.59. The van der Waals surface area contributed by atoms with Gasteiger partial charge in [0, 0.05) is 12.2 Å². The molecule has 0 spiro atoms. The molecule has 0 bridgehead atoms. The number of hydrogen-bond acceptors (Lipinski definition) is 4. The summed E-state index contributed by atoms with van der Waals surface area (Å²) < 4.78 is 40.2. The molecule has 174 valence electrons. The second-order valence-corrected chi connectivity index (χ2v) is 7.67.